The molecule has 1 aliphatic carbocycles. The molecule has 0 spiro atoms. The van der Waals surface area contributed by atoms with E-state index in [1.807, 2.05) is 48.5 Å². The first-order chi connectivity index (χ1) is 18.1. The molecule has 2 aliphatic rings. The number of benzene rings is 2. The van der Waals surface area contributed by atoms with Crippen LogP contribution in [-0.2, 0) is 6.42 Å². The fourth-order valence-corrected chi connectivity index (χ4v) is 5.22. The largest absolute Gasteiger partial charge is 0.308 e. The van der Waals surface area contributed by atoms with E-state index in [4.69, 9.17) is 4.98 Å². The van der Waals surface area contributed by atoms with E-state index < -0.39 is 0 Å². The number of amides is 2. The lowest BCUT2D eigenvalue weighted by Gasteiger charge is -2.22. The number of nitrogens with one attached hydrogen (secondary N) is 1. The molecule has 1 atom stereocenters. The van der Waals surface area contributed by atoms with Crippen LogP contribution in [0.2, 0.25) is 0 Å². The Hall–Kier alpha value is -4.10. The highest BCUT2D eigenvalue weighted by molar-refractivity contribution is 6.21. The summed E-state index contributed by atoms with van der Waals surface area (Å²) in [4.78, 5) is 45.3. The van der Waals surface area contributed by atoms with Crippen molar-refractivity contribution in [3.05, 3.63) is 117 Å². The number of imide groups is 1. The smallest absolute Gasteiger partial charge is 0.261 e. The highest BCUT2D eigenvalue weighted by Crippen LogP contribution is 2.41. The molecule has 0 bridgehead atoms. The van der Waals surface area contributed by atoms with E-state index in [9.17, 15) is 14.4 Å². The Morgan fingerprint density at radius 2 is 1.54 bits per heavy atom. The Bertz CT molecular complexity index is 1510. The lowest BCUT2D eigenvalue weighted by atomic mass is 9.98. The van der Waals surface area contributed by atoms with Crippen molar-refractivity contribution in [2.24, 2.45) is 5.92 Å². The van der Waals surface area contributed by atoms with Crippen molar-refractivity contribution in [3.8, 4) is 0 Å². The van der Waals surface area contributed by atoms with E-state index in [1.54, 1.807) is 34.9 Å². The standard InChI is InChI=1S/C30H28N4O3/c35-28-22-11-4-5-12-23(22)29(36)34(28)18-8-16-31-26(21-14-15-21)27-24(19-20-9-2-1-3-10-20)30(37)33-17-7-6-13-25(33)32-27/h1-7,9-13,17,21,26,31H,8,14-16,18-19H2. The minimum atomic E-state index is -0.228. The van der Waals surface area contributed by atoms with Gasteiger partial charge in [-0.1, -0.05) is 48.5 Å². The maximum atomic E-state index is 13.6. The molecule has 2 amide bonds. The zero-order valence-electron chi connectivity index (χ0n) is 20.5. The summed E-state index contributed by atoms with van der Waals surface area (Å²) in [5.74, 6) is -0.0469. The summed E-state index contributed by atoms with van der Waals surface area (Å²) in [7, 11) is 0. The molecule has 1 saturated carbocycles. The van der Waals surface area contributed by atoms with Gasteiger partial charge in [0.25, 0.3) is 17.4 Å². The molecule has 3 heterocycles. The lowest BCUT2D eigenvalue weighted by molar-refractivity contribution is 0.0652. The molecule has 7 nitrogen and oxygen atoms in total. The summed E-state index contributed by atoms with van der Waals surface area (Å²) in [6.07, 6.45) is 5.06. The Labute approximate surface area is 214 Å². The number of pyridine rings is 1. The average molecular weight is 493 g/mol. The Balaban J connectivity index is 1.23. The molecular weight excluding hydrogens is 464 g/mol. The second-order valence-corrected chi connectivity index (χ2v) is 9.80. The van der Waals surface area contributed by atoms with E-state index in [0.29, 0.717) is 54.2 Å². The summed E-state index contributed by atoms with van der Waals surface area (Å²) in [6.45, 7) is 0.955. The number of carbonyl (C=O) groups excluding carboxylic acids is 2. The van der Waals surface area contributed by atoms with Crippen LogP contribution in [0.4, 0.5) is 0 Å². The van der Waals surface area contributed by atoms with Crippen molar-refractivity contribution in [1.82, 2.24) is 19.6 Å². The van der Waals surface area contributed by atoms with Crippen LogP contribution in [0, 0.1) is 5.92 Å². The molecule has 0 radical (unpaired) electrons. The van der Waals surface area contributed by atoms with Crippen LogP contribution >= 0.6 is 0 Å². The summed E-state index contributed by atoms with van der Waals surface area (Å²) in [5.41, 5.74) is 4.13. The Morgan fingerprint density at radius 3 is 2.24 bits per heavy atom. The number of fused-ring (bicyclic) bond motifs is 2. The molecule has 186 valence electrons. The Kier molecular flexibility index (Phi) is 6.14. The first-order valence-electron chi connectivity index (χ1n) is 12.8. The minimum absolute atomic E-state index is 0.0390. The second kappa shape index (κ2) is 9.75. The first-order valence-corrected chi connectivity index (χ1v) is 12.8. The number of aromatic nitrogens is 2. The third kappa shape index (κ3) is 4.47. The van der Waals surface area contributed by atoms with Gasteiger partial charge in [0.05, 0.1) is 22.9 Å². The zero-order valence-corrected chi connectivity index (χ0v) is 20.5. The van der Waals surface area contributed by atoms with Gasteiger partial charge in [-0.3, -0.25) is 23.7 Å². The lowest BCUT2D eigenvalue weighted by Crippen LogP contribution is -2.34. The highest BCUT2D eigenvalue weighted by Gasteiger charge is 2.36. The first kappa shape index (κ1) is 23.3. The van der Waals surface area contributed by atoms with Crippen molar-refractivity contribution >= 4 is 17.5 Å². The molecule has 1 N–H and O–H groups in total. The van der Waals surface area contributed by atoms with Gasteiger partial charge in [0, 0.05) is 24.7 Å². The van der Waals surface area contributed by atoms with Gasteiger partial charge in [0.1, 0.15) is 5.65 Å². The molecule has 37 heavy (non-hydrogen) atoms. The monoisotopic (exact) mass is 492 g/mol. The molecule has 1 unspecified atom stereocenters. The number of carbonyl (C=O) groups is 2. The van der Waals surface area contributed by atoms with Crippen molar-refractivity contribution in [3.63, 3.8) is 0 Å². The van der Waals surface area contributed by atoms with Crippen molar-refractivity contribution < 1.29 is 9.59 Å². The van der Waals surface area contributed by atoms with E-state index in [1.165, 1.54) is 4.90 Å². The number of nitrogens with zero attached hydrogens (tertiary/aromatic N) is 3. The summed E-state index contributed by atoms with van der Waals surface area (Å²) >= 11 is 0. The molecule has 0 saturated heterocycles. The highest BCUT2D eigenvalue weighted by atomic mass is 16.2. The topological polar surface area (TPSA) is 83.8 Å². The van der Waals surface area contributed by atoms with Gasteiger partial charge < -0.3 is 5.32 Å². The maximum absolute atomic E-state index is 13.6. The van der Waals surface area contributed by atoms with E-state index in [2.05, 4.69) is 5.32 Å². The molecule has 7 heteroatoms. The van der Waals surface area contributed by atoms with Crippen LogP contribution in [-0.4, -0.2) is 39.2 Å². The molecule has 4 aromatic rings. The zero-order chi connectivity index (χ0) is 25.4. The van der Waals surface area contributed by atoms with Crippen LogP contribution in [0.25, 0.3) is 5.65 Å². The van der Waals surface area contributed by atoms with Crippen LogP contribution in [0.1, 0.15) is 62.8 Å². The molecule has 1 fully saturated rings. The van der Waals surface area contributed by atoms with Crippen molar-refractivity contribution in [2.75, 3.05) is 13.1 Å². The van der Waals surface area contributed by atoms with E-state index in [0.717, 1.165) is 24.1 Å². The quantitative estimate of drug-likeness (QED) is 0.282. The molecule has 2 aromatic carbocycles. The molecule has 6 rings (SSSR count). The number of hydrogen-bond donors (Lipinski definition) is 1. The second-order valence-electron chi connectivity index (χ2n) is 9.80. The molecular formula is C30H28N4O3. The van der Waals surface area contributed by atoms with Crippen LogP contribution < -0.4 is 10.9 Å². The average Bonchev–Trinajstić information content (AvgIpc) is 3.74. The van der Waals surface area contributed by atoms with Crippen LogP contribution in [0.5, 0.6) is 0 Å². The molecule has 2 aromatic heterocycles. The fraction of sp³-hybridized carbons (Fsp3) is 0.267. The van der Waals surface area contributed by atoms with Crippen molar-refractivity contribution in [1.29, 1.82) is 0 Å². The normalized spacial score (nSPS) is 15.8. The summed E-state index contributed by atoms with van der Waals surface area (Å²) in [6, 6.07) is 22.5. The number of rotatable bonds is 9. The van der Waals surface area contributed by atoms with Gasteiger partial charge in [0.2, 0.25) is 0 Å². The van der Waals surface area contributed by atoms with Gasteiger partial charge in [0.15, 0.2) is 0 Å². The minimum Gasteiger partial charge on any atom is -0.308 e. The predicted octanol–water partition coefficient (Wildman–Crippen LogP) is 4.01. The third-order valence-electron chi connectivity index (χ3n) is 7.27. The maximum Gasteiger partial charge on any atom is 0.261 e. The summed E-state index contributed by atoms with van der Waals surface area (Å²) in [5, 5.41) is 3.63. The predicted molar refractivity (Wildman–Crippen MR) is 141 cm³/mol. The van der Waals surface area contributed by atoms with Gasteiger partial charge in [-0.15, -0.1) is 0 Å². The van der Waals surface area contributed by atoms with Crippen LogP contribution in [0.15, 0.2) is 83.8 Å². The number of hydrogen-bond acceptors (Lipinski definition) is 5. The summed E-state index contributed by atoms with van der Waals surface area (Å²) < 4.78 is 1.62. The third-order valence-corrected chi connectivity index (χ3v) is 7.27. The van der Waals surface area contributed by atoms with Crippen molar-refractivity contribution in [2.45, 2.75) is 31.7 Å². The SMILES string of the molecule is O=C1c2ccccc2C(=O)N1CCCNC(c1nc2ccccn2c(=O)c1Cc1ccccc1)C1CC1. The Morgan fingerprint density at radius 1 is 0.865 bits per heavy atom. The van der Waals surface area contributed by atoms with E-state index >= 15 is 0 Å². The van der Waals surface area contributed by atoms with Gasteiger partial charge in [-0.05, 0) is 61.6 Å². The van der Waals surface area contributed by atoms with Gasteiger partial charge in [-0.25, -0.2) is 4.98 Å². The van der Waals surface area contributed by atoms with E-state index in [-0.39, 0.29) is 23.4 Å². The van der Waals surface area contributed by atoms with Gasteiger partial charge >= 0.3 is 0 Å². The van der Waals surface area contributed by atoms with Gasteiger partial charge in [-0.2, -0.15) is 0 Å². The van der Waals surface area contributed by atoms with Crippen LogP contribution in [0.3, 0.4) is 0 Å². The molecule has 1 aliphatic heterocycles. The fourth-order valence-electron chi connectivity index (χ4n) is 5.22.